The maximum atomic E-state index is 3.42. The number of piperidine rings is 1. The fraction of sp³-hybridized carbons (Fsp3) is 1.00. The van der Waals surface area contributed by atoms with Gasteiger partial charge in [0.25, 0.3) is 0 Å². The number of nitrogens with one attached hydrogen (secondary N) is 1. The molecule has 1 saturated heterocycles. The highest BCUT2D eigenvalue weighted by Crippen LogP contribution is 2.20. The molecule has 0 bridgehead atoms. The molecule has 1 unspecified atom stereocenters. The Balaban J connectivity index is 2.32. The van der Waals surface area contributed by atoms with Crippen LogP contribution in [0, 0.1) is 5.92 Å². The second-order valence-corrected chi connectivity index (χ2v) is 3.94. The Morgan fingerprint density at radius 2 is 2.00 bits per heavy atom. The molecule has 0 radical (unpaired) electrons. The predicted octanol–water partition coefficient (Wildman–Crippen LogP) is 1.33. The zero-order chi connectivity index (χ0) is 8.97. The van der Waals surface area contributed by atoms with Gasteiger partial charge in [0.2, 0.25) is 0 Å². The molecule has 0 saturated carbocycles. The van der Waals surface area contributed by atoms with E-state index >= 15 is 0 Å². The Hall–Kier alpha value is -0.0800. The molecule has 0 aromatic carbocycles. The van der Waals surface area contributed by atoms with E-state index < -0.39 is 0 Å². The van der Waals surface area contributed by atoms with Crippen molar-refractivity contribution >= 4 is 0 Å². The van der Waals surface area contributed by atoms with E-state index in [1.165, 1.54) is 32.4 Å². The van der Waals surface area contributed by atoms with Gasteiger partial charge in [0.15, 0.2) is 0 Å². The molecular weight excluding hydrogens is 148 g/mol. The fourth-order valence-corrected chi connectivity index (χ4v) is 2.20. The second-order valence-electron chi connectivity index (χ2n) is 3.94. The lowest BCUT2D eigenvalue weighted by molar-refractivity contribution is 0.185. The molecule has 1 fully saturated rings. The molecule has 1 atom stereocenters. The first-order valence-electron chi connectivity index (χ1n) is 5.13. The van der Waals surface area contributed by atoms with Crippen molar-refractivity contribution in [3.8, 4) is 0 Å². The van der Waals surface area contributed by atoms with E-state index in [4.69, 9.17) is 0 Å². The van der Waals surface area contributed by atoms with Gasteiger partial charge in [-0.25, -0.2) is 0 Å². The first kappa shape index (κ1) is 10.0. The van der Waals surface area contributed by atoms with Gasteiger partial charge in [-0.05, 0) is 52.4 Å². The third-order valence-electron chi connectivity index (χ3n) is 3.14. The highest BCUT2D eigenvalue weighted by atomic mass is 15.1. The molecule has 1 rings (SSSR count). The molecule has 1 aliphatic heterocycles. The van der Waals surface area contributed by atoms with Crippen LogP contribution in [-0.4, -0.2) is 38.1 Å². The molecule has 0 spiro atoms. The van der Waals surface area contributed by atoms with E-state index in [2.05, 4.69) is 31.2 Å². The molecular formula is C10H22N2. The summed E-state index contributed by atoms with van der Waals surface area (Å²) in [6.45, 7) is 4.84. The smallest absolute Gasteiger partial charge is 0.00906 e. The monoisotopic (exact) mass is 170 g/mol. The highest BCUT2D eigenvalue weighted by molar-refractivity contribution is 4.79. The normalized spacial score (nSPS) is 24.2. The summed E-state index contributed by atoms with van der Waals surface area (Å²) in [5.74, 6) is 0.913. The van der Waals surface area contributed by atoms with Crippen LogP contribution >= 0.6 is 0 Å². The van der Waals surface area contributed by atoms with Crippen molar-refractivity contribution in [3.63, 3.8) is 0 Å². The van der Waals surface area contributed by atoms with Crippen LogP contribution in [0.25, 0.3) is 0 Å². The Morgan fingerprint density at radius 1 is 1.42 bits per heavy atom. The average Bonchev–Trinajstić information content (AvgIpc) is 2.10. The maximum Gasteiger partial charge on any atom is 0.00906 e. The standard InChI is InChI=1S/C10H22N2/c1-4-10(11-2)9-5-7-12(3)8-6-9/h9-11H,4-8H2,1-3H3. The van der Waals surface area contributed by atoms with Crippen molar-refractivity contribution in [2.75, 3.05) is 27.2 Å². The Morgan fingerprint density at radius 3 is 2.42 bits per heavy atom. The van der Waals surface area contributed by atoms with E-state index in [0.717, 1.165) is 12.0 Å². The quantitative estimate of drug-likeness (QED) is 0.687. The molecule has 12 heavy (non-hydrogen) atoms. The number of likely N-dealkylation sites (tertiary alicyclic amines) is 1. The van der Waals surface area contributed by atoms with E-state index in [9.17, 15) is 0 Å². The molecule has 1 aliphatic rings. The lowest BCUT2D eigenvalue weighted by Crippen LogP contribution is -2.40. The van der Waals surface area contributed by atoms with E-state index in [-0.39, 0.29) is 0 Å². The summed E-state index contributed by atoms with van der Waals surface area (Å²) >= 11 is 0. The van der Waals surface area contributed by atoms with Gasteiger partial charge < -0.3 is 10.2 Å². The zero-order valence-electron chi connectivity index (χ0n) is 8.64. The summed E-state index contributed by atoms with van der Waals surface area (Å²) in [6.07, 6.45) is 4.01. The van der Waals surface area contributed by atoms with Crippen LogP contribution in [0.4, 0.5) is 0 Å². The SMILES string of the molecule is CCC(NC)C1CCN(C)CC1. The van der Waals surface area contributed by atoms with Crippen LogP contribution < -0.4 is 5.32 Å². The number of rotatable bonds is 3. The molecule has 0 aliphatic carbocycles. The predicted molar refractivity (Wildman–Crippen MR) is 53.4 cm³/mol. The molecule has 2 nitrogen and oxygen atoms in total. The zero-order valence-corrected chi connectivity index (χ0v) is 8.64. The van der Waals surface area contributed by atoms with Gasteiger partial charge in [-0.3, -0.25) is 0 Å². The molecule has 0 aromatic heterocycles. The lowest BCUT2D eigenvalue weighted by Gasteiger charge is -2.33. The van der Waals surface area contributed by atoms with Crippen molar-refractivity contribution in [2.24, 2.45) is 5.92 Å². The minimum atomic E-state index is 0.749. The summed E-state index contributed by atoms with van der Waals surface area (Å²) in [5.41, 5.74) is 0. The third kappa shape index (κ3) is 2.46. The summed E-state index contributed by atoms with van der Waals surface area (Å²) in [5, 5.41) is 3.42. The molecule has 0 aromatic rings. The summed E-state index contributed by atoms with van der Waals surface area (Å²) in [6, 6.07) is 0.749. The minimum absolute atomic E-state index is 0.749. The average molecular weight is 170 g/mol. The van der Waals surface area contributed by atoms with Gasteiger partial charge in [-0.1, -0.05) is 6.92 Å². The summed E-state index contributed by atoms with van der Waals surface area (Å²) in [7, 11) is 4.31. The first-order valence-corrected chi connectivity index (χ1v) is 5.13. The topological polar surface area (TPSA) is 15.3 Å². The van der Waals surface area contributed by atoms with Gasteiger partial charge in [0.05, 0.1) is 0 Å². The van der Waals surface area contributed by atoms with Crippen LogP contribution in [0.2, 0.25) is 0 Å². The minimum Gasteiger partial charge on any atom is -0.317 e. The van der Waals surface area contributed by atoms with Crippen molar-refractivity contribution in [1.82, 2.24) is 10.2 Å². The van der Waals surface area contributed by atoms with Gasteiger partial charge in [-0.15, -0.1) is 0 Å². The van der Waals surface area contributed by atoms with Crippen molar-refractivity contribution in [3.05, 3.63) is 0 Å². The van der Waals surface area contributed by atoms with Crippen molar-refractivity contribution in [1.29, 1.82) is 0 Å². The van der Waals surface area contributed by atoms with Crippen LogP contribution in [-0.2, 0) is 0 Å². The summed E-state index contributed by atoms with van der Waals surface area (Å²) < 4.78 is 0. The molecule has 72 valence electrons. The second kappa shape index (κ2) is 4.83. The van der Waals surface area contributed by atoms with Gasteiger partial charge in [0, 0.05) is 6.04 Å². The fourth-order valence-electron chi connectivity index (χ4n) is 2.20. The summed E-state index contributed by atoms with van der Waals surface area (Å²) in [4.78, 5) is 2.43. The van der Waals surface area contributed by atoms with E-state index in [0.29, 0.717) is 0 Å². The van der Waals surface area contributed by atoms with Crippen molar-refractivity contribution < 1.29 is 0 Å². The largest absolute Gasteiger partial charge is 0.317 e. The third-order valence-corrected chi connectivity index (χ3v) is 3.14. The van der Waals surface area contributed by atoms with Gasteiger partial charge in [0.1, 0.15) is 0 Å². The van der Waals surface area contributed by atoms with Gasteiger partial charge >= 0.3 is 0 Å². The first-order chi connectivity index (χ1) is 5.77. The van der Waals surface area contributed by atoms with E-state index in [1.807, 2.05) is 0 Å². The van der Waals surface area contributed by atoms with E-state index in [1.54, 1.807) is 0 Å². The van der Waals surface area contributed by atoms with Crippen LogP contribution in [0.1, 0.15) is 26.2 Å². The lowest BCUT2D eigenvalue weighted by atomic mass is 9.88. The molecule has 2 heteroatoms. The van der Waals surface area contributed by atoms with Crippen LogP contribution in [0.5, 0.6) is 0 Å². The van der Waals surface area contributed by atoms with Crippen molar-refractivity contribution in [2.45, 2.75) is 32.2 Å². The molecule has 1 N–H and O–H groups in total. The molecule has 0 amide bonds. The van der Waals surface area contributed by atoms with Crippen LogP contribution in [0.3, 0.4) is 0 Å². The molecule has 1 heterocycles. The number of nitrogens with zero attached hydrogens (tertiary/aromatic N) is 1. The number of hydrogen-bond acceptors (Lipinski definition) is 2. The Kier molecular flexibility index (Phi) is 4.02. The number of hydrogen-bond donors (Lipinski definition) is 1. The van der Waals surface area contributed by atoms with Crippen LogP contribution in [0.15, 0.2) is 0 Å². The Bertz CT molecular complexity index is 113. The van der Waals surface area contributed by atoms with Gasteiger partial charge in [-0.2, -0.15) is 0 Å². The Labute approximate surface area is 76.3 Å². The highest BCUT2D eigenvalue weighted by Gasteiger charge is 2.22. The maximum absolute atomic E-state index is 3.42.